The lowest BCUT2D eigenvalue weighted by atomic mass is 10.2. The Hall–Kier alpha value is -0.650. The largest absolute Gasteiger partial charge is 0.486 e. The van der Waals surface area contributed by atoms with Gasteiger partial charge in [0.05, 0.1) is 5.75 Å². The molecule has 1 aliphatic rings. The van der Waals surface area contributed by atoms with Crippen molar-refractivity contribution in [2.75, 3.05) is 13.2 Å². The van der Waals surface area contributed by atoms with Crippen molar-refractivity contribution in [1.29, 1.82) is 0 Å². The van der Waals surface area contributed by atoms with E-state index in [1.165, 1.54) is 12.1 Å². The van der Waals surface area contributed by atoms with Crippen LogP contribution in [0.3, 0.4) is 0 Å². The first kappa shape index (κ1) is 11.8. The van der Waals surface area contributed by atoms with Gasteiger partial charge in [-0.3, -0.25) is 0 Å². The van der Waals surface area contributed by atoms with E-state index < -0.39 is 9.05 Å². The molecule has 1 aromatic carbocycles. The van der Waals surface area contributed by atoms with Gasteiger partial charge in [0.1, 0.15) is 13.2 Å². The topological polar surface area (TPSA) is 52.6 Å². The van der Waals surface area contributed by atoms with E-state index in [1.807, 2.05) is 0 Å². The van der Waals surface area contributed by atoms with Gasteiger partial charge in [0.25, 0.3) is 0 Å². The molecule has 4 nitrogen and oxygen atoms in total. The summed E-state index contributed by atoms with van der Waals surface area (Å²) in [5.41, 5.74) is 0.404. The van der Waals surface area contributed by atoms with E-state index >= 15 is 0 Å². The predicted molar refractivity (Wildman–Crippen MR) is 60.9 cm³/mol. The quantitative estimate of drug-likeness (QED) is 0.781. The number of hydrogen-bond donors (Lipinski definition) is 0. The molecule has 1 aliphatic heterocycles. The summed E-state index contributed by atoms with van der Waals surface area (Å²) >= 11 is 5.91. The minimum absolute atomic E-state index is 0.300. The SMILES string of the molecule is O=S(=O)(Cl)Cc1cc2c(cc1Cl)OCCO2. The molecule has 0 aromatic heterocycles. The van der Waals surface area contributed by atoms with Crippen LogP contribution < -0.4 is 9.47 Å². The smallest absolute Gasteiger partial charge is 0.236 e. The molecule has 1 aromatic rings. The van der Waals surface area contributed by atoms with Gasteiger partial charge in [-0.1, -0.05) is 11.6 Å². The zero-order chi connectivity index (χ0) is 11.8. The molecule has 0 atom stereocenters. The molecule has 0 spiro atoms. The number of benzene rings is 1. The lowest BCUT2D eigenvalue weighted by molar-refractivity contribution is 0.171. The van der Waals surface area contributed by atoms with Crippen molar-refractivity contribution in [3.63, 3.8) is 0 Å². The summed E-state index contributed by atoms with van der Waals surface area (Å²) < 4.78 is 32.5. The molecular weight excluding hydrogens is 275 g/mol. The van der Waals surface area contributed by atoms with Gasteiger partial charge in [0, 0.05) is 21.8 Å². The summed E-state index contributed by atoms with van der Waals surface area (Å²) in [4.78, 5) is 0. The van der Waals surface area contributed by atoms with Crippen LogP contribution in [0.1, 0.15) is 5.56 Å². The Bertz CT molecular complexity index is 512. The fourth-order valence-electron chi connectivity index (χ4n) is 1.40. The van der Waals surface area contributed by atoms with Crippen LogP contribution in [0.2, 0.25) is 5.02 Å². The normalized spacial score (nSPS) is 14.9. The van der Waals surface area contributed by atoms with Crippen LogP contribution in [0, 0.1) is 0 Å². The van der Waals surface area contributed by atoms with Gasteiger partial charge < -0.3 is 9.47 Å². The molecule has 0 fully saturated rings. The minimum atomic E-state index is -3.63. The summed E-state index contributed by atoms with van der Waals surface area (Å²) in [5.74, 6) is 0.683. The van der Waals surface area contributed by atoms with Gasteiger partial charge in [0.2, 0.25) is 9.05 Å². The Labute approximate surface area is 102 Å². The maximum Gasteiger partial charge on any atom is 0.236 e. The molecular formula is C9H8Cl2O4S. The van der Waals surface area contributed by atoms with E-state index in [2.05, 4.69) is 0 Å². The third-order valence-electron chi connectivity index (χ3n) is 2.04. The van der Waals surface area contributed by atoms with E-state index in [1.54, 1.807) is 0 Å². The Kier molecular flexibility index (Phi) is 3.19. The first-order chi connectivity index (χ1) is 7.46. The maximum absolute atomic E-state index is 11.0. The Morgan fingerprint density at radius 2 is 1.75 bits per heavy atom. The van der Waals surface area contributed by atoms with Crippen LogP contribution in [0.25, 0.3) is 0 Å². The second-order valence-corrected chi connectivity index (χ2v) is 6.45. The van der Waals surface area contributed by atoms with Crippen LogP contribution in [0.5, 0.6) is 11.5 Å². The Morgan fingerprint density at radius 3 is 2.31 bits per heavy atom. The van der Waals surface area contributed by atoms with Crippen LogP contribution in [-0.4, -0.2) is 21.6 Å². The lowest BCUT2D eigenvalue weighted by Crippen LogP contribution is -2.15. The maximum atomic E-state index is 11.0. The molecule has 0 radical (unpaired) electrons. The van der Waals surface area contributed by atoms with Crippen LogP contribution >= 0.6 is 22.3 Å². The van der Waals surface area contributed by atoms with Crippen molar-refractivity contribution in [1.82, 2.24) is 0 Å². The molecule has 0 saturated heterocycles. The average molecular weight is 283 g/mol. The zero-order valence-electron chi connectivity index (χ0n) is 8.07. The highest BCUT2D eigenvalue weighted by Crippen LogP contribution is 2.36. The summed E-state index contributed by atoms with van der Waals surface area (Å²) in [5, 5.41) is 0.300. The van der Waals surface area contributed by atoms with Gasteiger partial charge >= 0.3 is 0 Å². The first-order valence-corrected chi connectivity index (χ1v) is 7.32. The third-order valence-corrected chi connectivity index (χ3v) is 3.37. The fraction of sp³-hybridized carbons (Fsp3) is 0.333. The van der Waals surface area contributed by atoms with Gasteiger partial charge in [0.15, 0.2) is 11.5 Å². The highest BCUT2D eigenvalue weighted by Gasteiger charge is 2.18. The summed E-state index contributed by atoms with van der Waals surface area (Å²) in [6.45, 7) is 0.887. The molecule has 88 valence electrons. The highest BCUT2D eigenvalue weighted by atomic mass is 35.7. The van der Waals surface area contributed by atoms with Crippen molar-refractivity contribution in [2.45, 2.75) is 5.75 Å². The third kappa shape index (κ3) is 2.72. The van der Waals surface area contributed by atoms with Crippen LogP contribution in [0.15, 0.2) is 12.1 Å². The van der Waals surface area contributed by atoms with E-state index in [0.717, 1.165) is 0 Å². The van der Waals surface area contributed by atoms with Gasteiger partial charge in [-0.05, 0) is 11.6 Å². The number of fused-ring (bicyclic) bond motifs is 1. The highest BCUT2D eigenvalue weighted by molar-refractivity contribution is 8.13. The number of rotatable bonds is 2. The molecule has 1 heterocycles. The minimum Gasteiger partial charge on any atom is -0.486 e. The standard InChI is InChI=1S/C9H8Cl2O4S/c10-7-4-9-8(14-1-2-15-9)3-6(7)5-16(11,12)13/h3-4H,1-2,5H2. The van der Waals surface area contributed by atoms with Crippen molar-refractivity contribution in [3.05, 3.63) is 22.7 Å². The van der Waals surface area contributed by atoms with Gasteiger partial charge in [-0.15, -0.1) is 0 Å². The van der Waals surface area contributed by atoms with Crippen molar-refractivity contribution in [2.24, 2.45) is 0 Å². The van der Waals surface area contributed by atoms with Gasteiger partial charge in [-0.2, -0.15) is 0 Å². The number of hydrogen-bond acceptors (Lipinski definition) is 4. The molecule has 2 rings (SSSR count). The lowest BCUT2D eigenvalue weighted by Gasteiger charge is -2.19. The second-order valence-electron chi connectivity index (χ2n) is 3.27. The average Bonchev–Trinajstić information content (AvgIpc) is 2.17. The number of ether oxygens (including phenoxy) is 2. The summed E-state index contributed by atoms with van der Waals surface area (Å²) in [6.07, 6.45) is 0. The molecule has 0 bridgehead atoms. The monoisotopic (exact) mass is 282 g/mol. The fourth-order valence-corrected chi connectivity index (χ4v) is 2.67. The molecule has 0 amide bonds. The van der Waals surface area contributed by atoms with Crippen molar-refractivity contribution in [3.8, 4) is 11.5 Å². The number of halogens is 2. The van der Waals surface area contributed by atoms with E-state index in [-0.39, 0.29) is 5.75 Å². The van der Waals surface area contributed by atoms with Gasteiger partial charge in [-0.25, -0.2) is 8.42 Å². The zero-order valence-corrected chi connectivity index (χ0v) is 10.4. The summed E-state index contributed by atoms with van der Waals surface area (Å²) in [6, 6.07) is 3.07. The Balaban J connectivity index is 2.40. The molecule has 16 heavy (non-hydrogen) atoms. The van der Waals surface area contributed by atoms with E-state index in [9.17, 15) is 8.42 Å². The molecule has 7 heteroatoms. The first-order valence-electron chi connectivity index (χ1n) is 4.46. The summed E-state index contributed by atoms with van der Waals surface area (Å²) in [7, 11) is 1.53. The molecule has 0 N–H and O–H groups in total. The van der Waals surface area contributed by atoms with E-state index in [0.29, 0.717) is 35.3 Å². The van der Waals surface area contributed by atoms with Crippen LogP contribution in [-0.2, 0) is 14.8 Å². The van der Waals surface area contributed by atoms with Crippen LogP contribution in [0.4, 0.5) is 0 Å². The van der Waals surface area contributed by atoms with E-state index in [4.69, 9.17) is 31.8 Å². The molecule has 0 aliphatic carbocycles. The van der Waals surface area contributed by atoms with Crippen molar-refractivity contribution < 1.29 is 17.9 Å². The molecule has 0 unspecified atom stereocenters. The molecule has 0 saturated carbocycles. The Morgan fingerprint density at radius 1 is 1.19 bits per heavy atom. The predicted octanol–water partition coefficient (Wildman–Crippen LogP) is 2.18. The second kappa shape index (κ2) is 4.31. The van der Waals surface area contributed by atoms with Crippen molar-refractivity contribution >= 4 is 31.3 Å².